The fourth-order valence-corrected chi connectivity index (χ4v) is 1.05. The topological polar surface area (TPSA) is 29.5 Å². The molecule has 1 heterocycles. The third-order valence-corrected chi connectivity index (χ3v) is 1.89. The Labute approximate surface area is 73.3 Å². The number of amides is 1. The SMILES string of the molecule is C[N+](C)(C)CCN1CCOC1=O. The molecule has 0 N–H and O–H groups in total. The first-order valence-electron chi connectivity index (χ1n) is 4.21. The van der Waals surface area contributed by atoms with Gasteiger partial charge in [0.05, 0.1) is 40.8 Å². The van der Waals surface area contributed by atoms with E-state index in [9.17, 15) is 4.79 Å². The monoisotopic (exact) mass is 173 g/mol. The molecule has 4 nitrogen and oxygen atoms in total. The van der Waals surface area contributed by atoms with Crippen molar-refractivity contribution in [2.45, 2.75) is 0 Å². The molecule has 12 heavy (non-hydrogen) atoms. The van der Waals surface area contributed by atoms with E-state index in [1.807, 2.05) is 0 Å². The molecule has 0 atom stereocenters. The molecule has 0 aromatic heterocycles. The Kier molecular flexibility index (Phi) is 2.57. The van der Waals surface area contributed by atoms with Crippen LogP contribution in [0.2, 0.25) is 0 Å². The van der Waals surface area contributed by atoms with Gasteiger partial charge in [0.15, 0.2) is 0 Å². The standard InChI is InChI=1S/C8H17N2O2/c1-10(2,3)6-4-9-5-7-12-8(9)11/h4-7H2,1-3H3/q+1. The normalized spacial score (nSPS) is 18.2. The summed E-state index contributed by atoms with van der Waals surface area (Å²) in [7, 11) is 6.34. The van der Waals surface area contributed by atoms with Gasteiger partial charge in [0.25, 0.3) is 0 Å². The molecule has 1 amide bonds. The van der Waals surface area contributed by atoms with Crippen molar-refractivity contribution in [3.63, 3.8) is 0 Å². The van der Waals surface area contributed by atoms with Crippen molar-refractivity contribution in [2.24, 2.45) is 0 Å². The summed E-state index contributed by atoms with van der Waals surface area (Å²) in [6.07, 6.45) is -0.163. The van der Waals surface area contributed by atoms with Gasteiger partial charge in [-0.25, -0.2) is 4.79 Å². The Balaban J connectivity index is 2.27. The van der Waals surface area contributed by atoms with Gasteiger partial charge in [-0.2, -0.15) is 0 Å². The van der Waals surface area contributed by atoms with E-state index in [0.717, 1.165) is 24.1 Å². The molecule has 1 fully saturated rings. The maximum absolute atomic E-state index is 11.0. The number of rotatable bonds is 3. The second-order valence-electron chi connectivity index (χ2n) is 4.12. The fourth-order valence-electron chi connectivity index (χ4n) is 1.05. The van der Waals surface area contributed by atoms with E-state index in [1.54, 1.807) is 4.90 Å². The molecule has 0 saturated carbocycles. The van der Waals surface area contributed by atoms with E-state index < -0.39 is 0 Å². The Morgan fingerprint density at radius 3 is 2.58 bits per heavy atom. The lowest BCUT2D eigenvalue weighted by molar-refractivity contribution is -0.869. The maximum atomic E-state index is 11.0. The summed E-state index contributed by atoms with van der Waals surface area (Å²) >= 11 is 0. The number of carbonyl (C=O) groups is 1. The molecular weight excluding hydrogens is 156 g/mol. The molecule has 0 unspecified atom stereocenters. The molecular formula is C8H17N2O2+. The zero-order chi connectivity index (χ0) is 9.19. The van der Waals surface area contributed by atoms with Crippen LogP contribution in [0.4, 0.5) is 4.79 Å². The van der Waals surface area contributed by atoms with Gasteiger partial charge in [-0.05, 0) is 0 Å². The van der Waals surface area contributed by atoms with Crippen LogP contribution < -0.4 is 0 Å². The smallest absolute Gasteiger partial charge is 0.410 e. The molecule has 70 valence electrons. The van der Waals surface area contributed by atoms with Crippen LogP contribution in [0, 0.1) is 0 Å². The second-order valence-corrected chi connectivity index (χ2v) is 4.12. The van der Waals surface area contributed by atoms with E-state index >= 15 is 0 Å². The highest BCUT2D eigenvalue weighted by Gasteiger charge is 2.23. The zero-order valence-electron chi connectivity index (χ0n) is 8.04. The van der Waals surface area contributed by atoms with Crippen molar-refractivity contribution < 1.29 is 14.0 Å². The molecule has 0 spiro atoms. The lowest BCUT2D eigenvalue weighted by atomic mass is 10.4. The first-order valence-corrected chi connectivity index (χ1v) is 4.21. The van der Waals surface area contributed by atoms with Crippen LogP contribution in [0.25, 0.3) is 0 Å². The number of hydrogen-bond acceptors (Lipinski definition) is 2. The van der Waals surface area contributed by atoms with E-state index in [4.69, 9.17) is 4.74 Å². The molecule has 0 aliphatic carbocycles. The summed E-state index contributed by atoms with van der Waals surface area (Å²) in [6, 6.07) is 0. The van der Waals surface area contributed by atoms with E-state index in [2.05, 4.69) is 21.1 Å². The molecule has 0 bridgehead atoms. The Morgan fingerprint density at radius 1 is 1.50 bits per heavy atom. The van der Waals surface area contributed by atoms with Gasteiger partial charge in [0.2, 0.25) is 0 Å². The summed E-state index contributed by atoms with van der Waals surface area (Å²) in [5.74, 6) is 0. The minimum Gasteiger partial charge on any atom is -0.448 e. The summed E-state index contributed by atoms with van der Waals surface area (Å²) in [6.45, 7) is 3.06. The average molecular weight is 173 g/mol. The molecule has 0 aromatic rings. The van der Waals surface area contributed by atoms with Crippen LogP contribution in [-0.2, 0) is 4.74 Å². The largest absolute Gasteiger partial charge is 0.448 e. The summed E-state index contributed by atoms with van der Waals surface area (Å²) in [4.78, 5) is 12.7. The quantitative estimate of drug-likeness (QED) is 0.568. The predicted octanol–water partition coefficient (Wildman–Crippen LogP) is 0.145. The maximum Gasteiger partial charge on any atom is 0.410 e. The van der Waals surface area contributed by atoms with Gasteiger partial charge in [0, 0.05) is 0 Å². The van der Waals surface area contributed by atoms with Gasteiger partial charge < -0.3 is 9.22 Å². The minimum absolute atomic E-state index is 0.163. The van der Waals surface area contributed by atoms with Crippen LogP contribution in [0.15, 0.2) is 0 Å². The first kappa shape index (κ1) is 9.32. The highest BCUT2D eigenvalue weighted by atomic mass is 16.6. The number of cyclic esters (lactones) is 1. The van der Waals surface area contributed by atoms with Crippen molar-refractivity contribution in [1.29, 1.82) is 0 Å². The van der Waals surface area contributed by atoms with E-state index in [1.165, 1.54) is 0 Å². The number of quaternary nitrogens is 1. The van der Waals surface area contributed by atoms with E-state index in [-0.39, 0.29) is 6.09 Å². The molecule has 4 heteroatoms. The third-order valence-electron chi connectivity index (χ3n) is 1.89. The molecule has 1 saturated heterocycles. The van der Waals surface area contributed by atoms with Gasteiger partial charge in [-0.1, -0.05) is 0 Å². The summed E-state index contributed by atoms with van der Waals surface area (Å²) in [5, 5.41) is 0. The van der Waals surface area contributed by atoms with Crippen molar-refractivity contribution in [3.8, 4) is 0 Å². The number of carbonyl (C=O) groups excluding carboxylic acids is 1. The van der Waals surface area contributed by atoms with Crippen LogP contribution in [0.1, 0.15) is 0 Å². The molecule has 1 rings (SSSR count). The van der Waals surface area contributed by atoms with Gasteiger partial charge in [-0.15, -0.1) is 0 Å². The van der Waals surface area contributed by atoms with Crippen molar-refractivity contribution in [3.05, 3.63) is 0 Å². The van der Waals surface area contributed by atoms with Gasteiger partial charge >= 0.3 is 6.09 Å². The fraction of sp³-hybridized carbons (Fsp3) is 0.875. The average Bonchev–Trinajstić information content (AvgIpc) is 2.29. The Bertz CT molecular complexity index is 174. The first-order chi connectivity index (χ1) is 5.49. The molecule has 0 radical (unpaired) electrons. The van der Waals surface area contributed by atoms with Crippen molar-refractivity contribution >= 4 is 6.09 Å². The molecule has 1 aliphatic heterocycles. The Hall–Kier alpha value is -0.770. The number of likely N-dealkylation sites (N-methyl/N-ethyl adjacent to an activating group) is 1. The van der Waals surface area contributed by atoms with Crippen LogP contribution in [0.5, 0.6) is 0 Å². The highest BCUT2D eigenvalue weighted by Crippen LogP contribution is 2.03. The minimum atomic E-state index is -0.163. The lowest BCUT2D eigenvalue weighted by Crippen LogP contribution is -2.42. The summed E-state index contributed by atoms with van der Waals surface area (Å²) in [5.41, 5.74) is 0. The van der Waals surface area contributed by atoms with Gasteiger partial charge in [-0.3, -0.25) is 4.90 Å². The number of hydrogen-bond donors (Lipinski definition) is 0. The van der Waals surface area contributed by atoms with Crippen LogP contribution in [-0.4, -0.2) is 62.9 Å². The zero-order valence-corrected chi connectivity index (χ0v) is 8.04. The predicted molar refractivity (Wildman–Crippen MR) is 45.8 cm³/mol. The van der Waals surface area contributed by atoms with Gasteiger partial charge in [0.1, 0.15) is 6.61 Å². The van der Waals surface area contributed by atoms with Crippen molar-refractivity contribution in [2.75, 3.05) is 47.4 Å². The second kappa shape index (κ2) is 3.31. The number of ether oxygens (including phenoxy) is 1. The van der Waals surface area contributed by atoms with Crippen LogP contribution >= 0.6 is 0 Å². The van der Waals surface area contributed by atoms with E-state index in [0.29, 0.717) is 6.61 Å². The molecule has 1 aliphatic rings. The summed E-state index contributed by atoms with van der Waals surface area (Å²) < 4.78 is 5.69. The Morgan fingerprint density at radius 2 is 2.17 bits per heavy atom. The highest BCUT2D eigenvalue weighted by molar-refractivity contribution is 5.69. The van der Waals surface area contributed by atoms with Crippen molar-refractivity contribution in [1.82, 2.24) is 4.90 Å². The molecule has 0 aromatic carbocycles. The third kappa shape index (κ3) is 2.70. The van der Waals surface area contributed by atoms with Crippen LogP contribution in [0.3, 0.4) is 0 Å². The number of nitrogens with zero attached hydrogens (tertiary/aromatic N) is 2. The lowest BCUT2D eigenvalue weighted by Gasteiger charge is -2.25.